The third-order valence-electron chi connectivity index (χ3n) is 3.83. The van der Waals surface area contributed by atoms with Crippen molar-refractivity contribution in [2.24, 2.45) is 0 Å². The van der Waals surface area contributed by atoms with E-state index in [0.717, 1.165) is 112 Å². The van der Waals surface area contributed by atoms with Gasteiger partial charge in [0.15, 0.2) is 0 Å². The lowest BCUT2D eigenvalue weighted by Crippen LogP contribution is -2.33. The van der Waals surface area contributed by atoms with Crippen LogP contribution in [0.4, 0.5) is 0 Å². The highest BCUT2D eigenvalue weighted by Crippen LogP contribution is 1.74. The number of nitrogens with one attached hydrogen (secondary N) is 6. The lowest BCUT2D eigenvalue weighted by atomic mass is 10.5. The molecule has 0 saturated carbocycles. The SMILES string of the molecule is CCOCCNCCNCCOCCNCCNCCOCCNCCNC. The minimum absolute atomic E-state index is 0.748. The van der Waals surface area contributed by atoms with Gasteiger partial charge >= 0.3 is 0 Å². The minimum atomic E-state index is 0.748. The zero-order valence-electron chi connectivity index (χ0n) is 18.2. The van der Waals surface area contributed by atoms with Gasteiger partial charge in [-0.25, -0.2) is 0 Å². The maximum Gasteiger partial charge on any atom is 0.0591 e. The van der Waals surface area contributed by atoms with Gasteiger partial charge in [0.1, 0.15) is 0 Å². The molecule has 0 radical (unpaired) electrons. The Bertz CT molecular complexity index is 252. The normalized spacial score (nSPS) is 11.4. The van der Waals surface area contributed by atoms with E-state index in [0.29, 0.717) is 0 Å². The van der Waals surface area contributed by atoms with E-state index in [1.54, 1.807) is 0 Å². The molecule has 28 heavy (non-hydrogen) atoms. The Hall–Kier alpha value is -0.360. The molecule has 0 unspecified atom stereocenters. The fourth-order valence-electron chi connectivity index (χ4n) is 2.26. The second kappa shape index (κ2) is 26.6. The Morgan fingerprint density at radius 3 is 1.07 bits per heavy atom. The van der Waals surface area contributed by atoms with Crippen LogP contribution >= 0.6 is 0 Å². The molecule has 0 aliphatic heterocycles. The molecule has 0 saturated heterocycles. The van der Waals surface area contributed by atoms with Crippen molar-refractivity contribution in [2.45, 2.75) is 6.92 Å². The van der Waals surface area contributed by atoms with Crippen molar-refractivity contribution in [3.05, 3.63) is 0 Å². The van der Waals surface area contributed by atoms with Crippen LogP contribution in [0.25, 0.3) is 0 Å². The molecule has 0 amide bonds. The van der Waals surface area contributed by atoms with Crippen LogP contribution in [0.1, 0.15) is 6.92 Å². The molecule has 0 aliphatic carbocycles. The Morgan fingerprint density at radius 1 is 0.429 bits per heavy atom. The number of likely N-dealkylation sites (N-methyl/N-ethyl adjacent to an activating group) is 1. The van der Waals surface area contributed by atoms with E-state index >= 15 is 0 Å². The molecule has 0 fully saturated rings. The van der Waals surface area contributed by atoms with Gasteiger partial charge in [-0.05, 0) is 14.0 Å². The van der Waals surface area contributed by atoms with E-state index in [-0.39, 0.29) is 0 Å². The molecular formula is C19H46N6O3. The average Bonchev–Trinajstić information content (AvgIpc) is 2.71. The van der Waals surface area contributed by atoms with Gasteiger partial charge in [0.05, 0.1) is 33.0 Å². The fraction of sp³-hybridized carbons (Fsp3) is 1.00. The van der Waals surface area contributed by atoms with Gasteiger partial charge in [-0.1, -0.05) is 0 Å². The summed E-state index contributed by atoms with van der Waals surface area (Å²) in [6.07, 6.45) is 0. The van der Waals surface area contributed by atoms with E-state index in [1.807, 2.05) is 14.0 Å². The van der Waals surface area contributed by atoms with Crippen LogP contribution in [0, 0.1) is 0 Å². The lowest BCUT2D eigenvalue weighted by molar-refractivity contribution is 0.135. The van der Waals surface area contributed by atoms with Crippen LogP contribution in [0.3, 0.4) is 0 Å². The summed E-state index contributed by atoms with van der Waals surface area (Å²) < 4.78 is 16.4. The summed E-state index contributed by atoms with van der Waals surface area (Å²) >= 11 is 0. The largest absolute Gasteiger partial charge is 0.380 e. The first-order chi connectivity index (χ1) is 13.9. The summed E-state index contributed by atoms with van der Waals surface area (Å²) in [6.45, 7) is 16.9. The van der Waals surface area contributed by atoms with Crippen LogP contribution in [0.15, 0.2) is 0 Å². The smallest absolute Gasteiger partial charge is 0.0591 e. The van der Waals surface area contributed by atoms with Gasteiger partial charge in [0.25, 0.3) is 0 Å². The van der Waals surface area contributed by atoms with E-state index < -0.39 is 0 Å². The zero-order valence-corrected chi connectivity index (χ0v) is 18.2. The van der Waals surface area contributed by atoms with Crippen molar-refractivity contribution in [2.75, 3.05) is 119 Å². The average molecular weight is 407 g/mol. The van der Waals surface area contributed by atoms with Crippen molar-refractivity contribution >= 4 is 0 Å². The van der Waals surface area contributed by atoms with Crippen molar-refractivity contribution in [3.63, 3.8) is 0 Å². The Labute approximate surface area is 172 Å². The van der Waals surface area contributed by atoms with Crippen molar-refractivity contribution < 1.29 is 14.2 Å². The van der Waals surface area contributed by atoms with Crippen LogP contribution < -0.4 is 31.9 Å². The summed E-state index contributed by atoms with van der Waals surface area (Å²) in [5, 5.41) is 19.8. The molecule has 0 bridgehead atoms. The van der Waals surface area contributed by atoms with Gasteiger partial charge in [-0.15, -0.1) is 0 Å². The van der Waals surface area contributed by atoms with Crippen molar-refractivity contribution in [1.82, 2.24) is 31.9 Å². The summed E-state index contributed by atoms with van der Waals surface area (Å²) in [5.41, 5.74) is 0. The second-order valence-electron chi connectivity index (χ2n) is 6.28. The van der Waals surface area contributed by atoms with Crippen LogP contribution in [-0.2, 0) is 14.2 Å². The molecule has 0 aliphatic rings. The predicted octanol–water partition coefficient (Wildman–Crippen LogP) is -1.78. The molecule has 9 heteroatoms. The van der Waals surface area contributed by atoms with E-state index in [1.165, 1.54) is 0 Å². The van der Waals surface area contributed by atoms with E-state index in [9.17, 15) is 0 Å². The molecule has 0 rings (SSSR count). The molecule has 170 valence electrons. The summed E-state index contributed by atoms with van der Waals surface area (Å²) in [7, 11) is 1.96. The maximum absolute atomic E-state index is 5.58. The van der Waals surface area contributed by atoms with Crippen molar-refractivity contribution in [3.8, 4) is 0 Å². The molecule has 0 heterocycles. The summed E-state index contributed by atoms with van der Waals surface area (Å²) in [6, 6.07) is 0. The van der Waals surface area contributed by atoms with Crippen molar-refractivity contribution in [1.29, 1.82) is 0 Å². The molecule has 9 nitrogen and oxygen atoms in total. The molecule has 0 aromatic carbocycles. The Balaban J connectivity index is 2.96. The highest BCUT2D eigenvalue weighted by atomic mass is 16.5. The summed E-state index contributed by atoms with van der Waals surface area (Å²) in [4.78, 5) is 0. The first-order valence-corrected chi connectivity index (χ1v) is 10.8. The Kier molecular flexibility index (Phi) is 26.3. The fourth-order valence-corrected chi connectivity index (χ4v) is 2.26. The molecule has 0 atom stereocenters. The predicted molar refractivity (Wildman–Crippen MR) is 116 cm³/mol. The highest BCUT2D eigenvalue weighted by Gasteiger charge is 1.93. The first-order valence-electron chi connectivity index (χ1n) is 10.8. The lowest BCUT2D eigenvalue weighted by Gasteiger charge is -2.09. The highest BCUT2D eigenvalue weighted by molar-refractivity contribution is 4.54. The standard InChI is InChI=1S/C19H46N6O3/c1-3-26-15-10-22-6-7-23-13-18-28-19-14-25-9-8-24-12-17-27-16-11-21-5-4-20-2/h20-25H,3-19H2,1-2H3. The van der Waals surface area contributed by atoms with Gasteiger partial charge in [0, 0.05) is 78.6 Å². The molecule has 0 aromatic heterocycles. The third kappa shape index (κ3) is 25.6. The monoisotopic (exact) mass is 406 g/mol. The van der Waals surface area contributed by atoms with Gasteiger partial charge < -0.3 is 46.1 Å². The second-order valence-corrected chi connectivity index (χ2v) is 6.28. The maximum atomic E-state index is 5.58. The number of hydrogen-bond acceptors (Lipinski definition) is 9. The van der Waals surface area contributed by atoms with Crippen LogP contribution in [-0.4, -0.2) is 119 Å². The van der Waals surface area contributed by atoms with Crippen LogP contribution in [0.2, 0.25) is 0 Å². The molecular weight excluding hydrogens is 360 g/mol. The van der Waals surface area contributed by atoms with Gasteiger partial charge in [-0.3, -0.25) is 0 Å². The minimum Gasteiger partial charge on any atom is -0.380 e. The van der Waals surface area contributed by atoms with Gasteiger partial charge in [-0.2, -0.15) is 0 Å². The number of hydrogen-bond donors (Lipinski definition) is 6. The third-order valence-corrected chi connectivity index (χ3v) is 3.83. The van der Waals surface area contributed by atoms with Crippen LogP contribution in [0.5, 0.6) is 0 Å². The zero-order chi connectivity index (χ0) is 20.4. The van der Waals surface area contributed by atoms with E-state index in [2.05, 4.69) is 31.9 Å². The quantitative estimate of drug-likeness (QED) is 0.0984. The van der Waals surface area contributed by atoms with Gasteiger partial charge in [0.2, 0.25) is 0 Å². The number of rotatable bonds is 25. The first kappa shape index (κ1) is 27.6. The molecule has 0 spiro atoms. The summed E-state index contributed by atoms with van der Waals surface area (Å²) in [5.74, 6) is 0. The topological polar surface area (TPSA) is 99.9 Å². The molecule has 0 aromatic rings. The number of ether oxygens (including phenoxy) is 3. The van der Waals surface area contributed by atoms with E-state index in [4.69, 9.17) is 14.2 Å². The molecule has 6 N–H and O–H groups in total. The Morgan fingerprint density at radius 2 is 0.750 bits per heavy atom.